The topological polar surface area (TPSA) is 66.5 Å². The van der Waals surface area contributed by atoms with Crippen LogP contribution in [0.4, 0.5) is 15.8 Å². The van der Waals surface area contributed by atoms with Gasteiger partial charge in [-0.1, -0.05) is 13.3 Å². The number of anilines is 2. The lowest BCUT2D eigenvalue weighted by Crippen LogP contribution is -2.35. The molecule has 1 aliphatic rings. The average molecular weight is 390 g/mol. The van der Waals surface area contributed by atoms with Crippen LogP contribution in [0, 0.1) is 5.82 Å². The summed E-state index contributed by atoms with van der Waals surface area (Å²) in [5.41, 5.74) is 2.16. The zero-order valence-corrected chi connectivity index (χ0v) is 16.1. The summed E-state index contributed by atoms with van der Waals surface area (Å²) in [4.78, 5) is 12.0. The van der Waals surface area contributed by atoms with E-state index in [1.807, 2.05) is 13.0 Å². The van der Waals surface area contributed by atoms with E-state index in [0.717, 1.165) is 37.0 Å². The number of aryl methyl sites for hydroxylation is 1. The van der Waals surface area contributed by atoms with Crippen LogP contribution in [-0.2, 0) is 21.2 Å². The molecule has 0 radical (unpaired) electrons. The van der Waals surface area contributed by atoms with Gasteiger partial charge in [-0.2, -0.15) is 0 Å². The van der Waals surface area contributed by atoms with Gasteiger partial charge in [-0.15, -0.1) is 0 Å². The Labute approximate surface area is 159 Å². The molecule has 5 nitrogen and oxygen atoms in total. The predicted octanol–water partition coefficient (Wildman–Crippen LogP) is 4.10. The lowest BCUT2D eigenvalue weighted by atomic mass is 10.0. The third-order valence-corrected chi connectivity index (χ3v) is 6.43. The quantitative estimate of drug-likeness (QED) is 0.808. The highest BCUT2D eigenvalue weighted by atomic mass is 32.2. The van der Waals surface area contributed by atoms with Crippen LogP contribution >= 0.6 is 0 Å². The predicted molar refractivity (Wildman–Crippen MR) is 104 cm³/mol. The van der Waals surface area contributed by atoms with E-state index in [9.17, 15) is 17.6 Å². The maximum Gasteiger partial charge on any atom is 0.264 e. The molecule has 27 heavy (non-hydrogen) atoms. The summed E-state index contributed by atoms with van der Waals surface area (Å²) in [5.74, 6) is -0.514. The summed E-state index contributed by atoms with van der Waals surface area (Å²) in [7, 11) is -3.76. The molecule has 0 atom stereocenters. The number of fused-ring (bicyclic) bond motifs is 1. The third kappa shape index (κ3) is 4.30. The number of sulfonamides is 1. The number of unbranched alkanes of at least 4 members (excludes halogenated alkanes) is 1. The van der Waals surface area contributed by atoms with Gasteiger partial charge in [0.25, 0.3) is 10.0 Å². The first-order chi connectivity index (χ1) is 12.9. The van der Waals surface area contributed by atoms with Gasteiger partial charge in [0.05, 0.1) is 10.6 Å². The molecule has 0 aliphatic carbocycles. The number of hydrogen-bond acceptors (Lipinski definition) is 3. The van der Waals surface area contributed by atoms with E-state index in [1.165, 1.54) is 16.4 Å². The molecular weight excluding hydrogens is 367 g/mol. The van der Waals surface area contributed by atoms with E-state index in [1.54, 1.807) is 12.1 Å². The molecule has 2 aromatic carbocycles. The van der Waals surface area contributed by atoms with Crippen LogP contribution in [0.2, 0.25) is 0 Å². The Morgan fingerprint density at radius 2 is 1.93 bits per heavy atom. The minimum absolute atomic E-state index is 0.0385. The Morgan fingerprint density at radius 3 is 2.63 bits per heavy atom. The molecule has 1 amide bonds. The summed E-state index contributed by atoms with van der Waals surface area (Å²) in [6.45, 7) is 2.40. The summed E-state index contributed by atoms with van der Waals surface area (Å²) in [5, 5.41) is 2.87. The number of carbonyl (C=O) groups excluding carboxylic acids is 1. The van der Waals surface area contributed by atoms with Crippen molar-refractivity contribution < 1.29 is 17.6 Å². The molecule has 0 spiro atoms. The van der Waals surface area contributed by atoms with Gasteiger partial charge in [0.2, 0.25) is 5.91 Å². The van der Waals surface area contributed by atoms with E-state index in [0.29, 0.717) is 30.8 Å². The number of amides is 1. The van der Waals surface area contributed by atoms with E-state index >= 15 is 0 Å². The normalized spacial score (nSPS) is 13.9. The van der Waals surface area contributed by atoms with Crippen LogP contribution in [0.25, 0.3) is 0 Å². The fourth-order valence-corrected chi connectivity index (χ4v) is 4.73. The third-order valence-electron chi connectivity index (χ3n) is 4.60. The van der Waals surface area contributed by atoms with Crippen molar-refractivity contribution in [3.8, 4) is 0 Å². The minimum Gasteiger partial charge on any atom is -0.326 e. The zero-order valence-electron chi connectivity index (χ0n) is 15.2. The number of carbonyl (C=O) groups is 1. The summed E-state index contributed by atoms with van der Waals surface area (Å²) in [6, 6.07) is 10.1. The SMILES string of the molecule is CCCCC(=O)Nc1ccc2c(c1)CCCN2S(=O)(=O)c1ccc(F)cc1. The van der Waals surface area contributed by atoms with Crippen LogP contribution in [0.1, 0.15) is 38.2 Å². The number of hydrogen-bond donors (Lipinski definition) is 1. The van der Waals surface area contributed by atoms with E-state index in [2.05, 4.69) is 5.32 Å². The smallest absolute Gasteiger partial charge is 0.264 e. The molecule has 7 heteroatoms. The maximum atomic E-state index is 13.1. The van der Waals surface area contributed by atoms with Gasteiger partial charge in [0.15, 0.2) is 0 Å². The lowest BCUT2D eigenvalue weighted by molar-refractivity contribution is -0.116. The van der Waals surface area contributed by atoms with Crippen molar-refractivity contribution in [2.24, 2.45) is 0 Å². The molecule has 2 aromatic rings. The van der Waals surface area contributed by atoms with Crippen LogP contribution < -0.4 is 9.62 Å². The van der Waals surface area contributed by atoms with Crippen molar-refractivity contribution >= 4 is 27.3 Å². The fourth-order valence-electron chi connectivity index (χ4n) is 3.18. The van der Waals surface area contributed by atoms with Crippen LogP contribution in [0.3, 0.4) is 0 Å². The Balaban J connectivity index is 1.86. The fraction of sp³-hybridized carbons (Fsp3) is 0.350. The molecule has 0 saturated carbocycles. The maximum absolute atomic E-state index is 13.1. The van der Waals surface area contributed by atoms with Crippen molar-refractivity contribution in [2.75, 3.05) is 16.2 Å². The Kier molecular flexibility index (Phi) is 5.79. The molecule has 0 bridgehead atoms. The lowest BCUT2D eigenvalue weighted by Gasteiger charge is -2.31. The number of benzene rings is 2. The van der Waals surface area contributed by atoms with Gasteiger partial charge >= 0.3 is 0 Å². The highest BCUT2D eigenvalue weighted by molar-refractivity contribution is 7.92. The molecule has 1 N–H and O–H groups in total. The van der Waals surface area contributed by atoms with Gasteiger partial charge in [-0.3, -0.25) is 9.10 Å². The number of halogens is 1. The standard InChI is InChI=1S/C20H23FN2O3S/c1-2-3-6-20(24)22-17-9-12-19-15(14-17)5-4-13-23(19)27(25,26)18-10-7-16(21)8-11-18/h7-12,14H,2-6,13H2,1H3,(H,22,24). The highest BCUT2D eigenvalue weighted by Crippen LogP contribution is 2.33. The second-order valence-electron chi connectivity index (χ2n) is 6.63. The van der Waals surface area contributed by atoms with E-state index in [4.69, 9.17) is 0 Å². The van der Waals surface area contributed by atoms with E-state index < -0.39 is 15.8 Å². The second kappa shape index (κ2) is 8.08. The van der Waals surface area contributed by atoms with Gasteiger partial charge in [-0.25, -0.2) is 12.8 Å². The van der Waals surface area contributed by atoms with Crippen molar-refractivity contribution in [3.63, 3.8) is 0 Å². The molecule has 144 valence electrons. The molecule has 0 saturated heterocycles. The molecule has 3 rings (SSSR count). The zero-order chi connectivity index (χ0) is 19.4. The Hall–Kier alpha value is -2.41. The molecule has 0 unspecified atom stereocenters. The van der Waals surface area contributed by atoms with Crippen molar-refractivity contribution in [1.29, 1.82) is 0 Å². The monoisotopic (exact) mass is 390 g/mol. The number of nitrogens with one attached hydrogen (secondary N) is 1. The van der Waals surface area contributed by atoms with E-state index in [-0.39, 0.29) is 10.8 Å². The van der Waals surface area contributed by atoms with Crippen LogP contribution in [0.15, 0.2) is 47.4 Å². The number of nitrogens with zero attached hydrogens (tertiary/aromatic N) is 1. The summed E-state index contributed by atoms with van der Waals surface area (Å²) in [6.07, 6.45) is 3.68. The summed E-state index contributed by atoms with van der Waals surface area (Å²) >= 11 is 0. The molecule has 1 heterocycles. The van der Waals surface area contributed by atoms with Gasteiger partial charge < -0.3 is 5.32 Å². The Bertz CT molecular complexity index is 927. The molecule has 1 aliphatic heterocycles. The number of rotatable bonds is 6. The highest BCUT2D eigenvalue weighted by Gasteiger charge is 2.29. The first-order valence-electron chi connectivity index (χ1n) is 9.13. The Morgan fingerprint density at radius 1 is 1.19 bits per heavy atom. The largest absolute Gasteiger partial charge is 0.326 e. The second-order valence-corrected chi connectivity index (χ2v) is 8.49. The first kappa shape index (κ1) is 19.4. The summed E-state index contributed by atoms with van der Waals surface area (Å²) < 4.78 is 40.5. The van der Waals surface area contributed by atoms with Crippen LogP contribution in [0.5, 0.6) is 0 Å². The van der Waals surface area contributed by atoms with Crippen molar-refractivity contribution in [2.45, 2.75) is 43.9 Å². The molecule has 0 aromatic heterocycles. The minimum atomic E-state index is -3.76. The van der Waals surface area contributed by atoms with Crippen LogP contribution in [-0.4, -0.2) is 20.9 Å². The molecular formula is C20H23FN2O3S. The van der Waals surface area contributed by atoms with Gasteiger partial charge in [0.1, 0.15) is 5.82 Å². The average Bonchev–Trinajstić information content (AvgIpc) is 2.66. The van der Waals surface area contributed by atoms with Gasteiger partial charge in [0, 0.05) is 18.7 Å². The van der Waals surface area contributed by atoms with Gasteiger partial charge in [-0.05, 0) is 67.3 Å². The molecule has 0 fully saturated rings. The van der Waals surface area contributed by atoms with Crippen molar-refractivity contribution in [3.05, 3.63) is 53.8 Å². The first-order valence-corrected chi connectivity index (χ1v) is 10.6. The van der Waals surface area contributed by atoms with Crippen molar-refractivity contribution in [1.82, 2.24) is 0 Å².